The highest BCUT2D eigenvalue weighted by atomic mass is 16.2. The Bertz CT molecular complexity index is 702. The van der Waals surface area contributed by atoms with Crippen molar-refractivity contribution in [3.63, 3.8) is 0 Å². The highest BCUT2D eigenvalue weighted by molar-refractivity contribution is 5.94. The second-order valence-electron chi connectivity index (χ2n) is 9.52. The Morgan fingerprint density at radius 2 is 1.86 bits per heavy atom. The molecule has 0 unspecified atom stereocenters. The van der Waals surface area contributed by atoms with Gasteiger partial charge in [-0.15, -0.1) is 0 Å². The quantitative estimate of drug-likeness (QED) is 0.705. The predicted octanol–water partition coefficient (Wildman–Crippen LogP) is 4.66. The molecule has 0 radical (unpaired) electrons. The molecule has 1 atom stereocenters. The fraction of sp³-hybridized carbons (Fsp3) is 0.652. The molecule has 5 heteroatoms. The third-order valence-corrected chi connectivity index (χ3v) is 5.24. The number of nitrogens with one attached hydrogen (secondary N) is 1. The van der Waals surface area contributed by atoms with Gasteiger partial charge in [0, 0.05) is 50.4 Å². The van der Waals surface area contributed by atoms with Crippen molar-refractivity contribution in [3.05, 3.63) is 23.8 Å². The van der Waals surface area contributed by atoms with Gasteiger partial charge < -0.3 is 15.1 Å². The van der Waals surface area contributed by atoms with Gasteiger partial charge in [-0.1, -0.05) is 27.7 Å². The highest BCUT2D eigenvalue weighted by Crippen LogP contribution is 2.32. The summed E-state index contributed by atoms with van der Waals surface area (Å²) < 4.78 is 0. The first-order chi connectivity index (χ1) is 13.0. The number of hydrogen-bond donors (Lipinski definition) is 1. The summed E-state index contributed by atoms with van der Waals surface area (Å²) in [6.07, 6.45) is 3.40. The van der Waals surface area contributed by atoms with Crippen molar-refractivity contribution in [2.45, 2.75) is 72.9 Å². The molecule has 5 nitrogen and oxygen atoms in total. The molecule has 1 fully saturated rings. The zero-order valence-corrected chi connectivity index (χ0v) is 18.6. The fourth-order valence-corrected chi connectivity index (χ4v) is 3.26. The van der Waals surface area contributed by atoms with E-state index in [1.54, 1.807) is 0 Å². The van der Waals surface area contributed by atoms with E-state index >= 15 is 0 Å². The van der Waals surface area contributed by atoms with Crippen LogP contribution in [0.2, 0.25) is 0 Å². The van der Waals surface area contributed by atoms with Crippen LogP contribution in [0, 0.1) is 11.3 Å². The van der Waals surface area contributed by atoms with Crippen molar-refractivity contribution in [2.24, 2.45) is 11.3 Å². The van der Waals surface area contributed by atoms with Gasteiger partial charge in [0.2, 0.25) is 11.8 Å². The van der Waals surface area contributed by atoms with Gasteiger partial charge in [0.25, 0.3) is 0 Å². The number of rotatable bonds is 8. The van der Waals surface area contributed by atoms with Crippen LogP contribution in [-0.2, 0) is 16.1 Å². The first-order valence-electron chi connectivity index (χ1n) is 10.4. The van der Waals surface area contributed by atoms with Gasteiger partial charge in [-0.05, 0) is 55.4 Å². The van der Waals surface area contributed by atoms with E-state index in [4.69, 9.17) is 0 Å². The molecular weight excluding hydrogens is 350 g/mol. The largest absolute Gasteiger partial charge is 0.377 e. The fourth-order valence-electron chi connectivity index (χ4n) is 3.26. The molecule has 156 valence electrons. The van der Waals surface area contributed by atoms with E-state index in [1.807, 2.05) is 37.2 Å². The minimum atomic E-state index is -0.0484. The zero-order chi connectivity index (χ0) is 21.1. The molecule has 2 rings (SSSR count). The van der Waals surface area contributed by atoms with Gasteiger partial charge in [-0.2, -0.15) is 0 Å². The van der Waals surface area contributed by atoms with Crippen LogP contribution in [0.15, 0.2) is 18.2 Å². The Kier molecular flexibility index (Phi) is 7.13. The van der Waals surface area contributed by atoms with Crippen molar-refractivity contribution in [1.82, 2.24) is 4.90 Å². The minimum Gasteiger partial charge on any atom is -0.377 e. The van der Waals surface area contributed by atoms with Crippen LogP contribution in [0.4, 0.5) is 11.4 Å². The van der Waals surface area contributed by atoms with E-state index in [9.17, 15) is 9.59 Å². The van der Waals surface area contributed by atoms with E-state index < -0.39 is 0 Å². The molecule has 0 heterocycles. The lowest BCUT2D eigenvalue weighted by molar-refractivity contribution is -0.135. The Morgan fingerprint density at radius 3 is 2.36 bits per heavy atom. The van der Waals surface area contributed by atoms with Crippen molar-refractivity contribution >= 4 is 23.2 Å². The molecule has 1 aromatic rings. The van der Waals surface area contributed by atoms with Gasteiger partial charge >= 0.3 is 0 Å². The van der Waals surface area contributed by atoms with Crippen molar-refractivity contribution in [2.75, 3.05) is 24.3 Å². The SMILES string of the molecule is CC[C@@H](C)N(Cc1cc(NC(=O)C2CC2)ccc1N(C)C)C(=O)CC(C)(C)C. The predicted molar refractivity (Wildman–Crippen MR) is 116 cm³/mol. The van der Waals surface area contributed by atoms with E-state index in [-0.39, 0.29) is 29.2 Å². The third kappa shape index (κ3) is 6.25. The number of anilines is 2. The Balaban J connectivity index is 2.29. The van der Waals surface area contributed by atoms with Crippen molar-refractivity contribution < 1.29 is 9.59 Å². The molecule has 0 saturated heterocycles. The van der Waals surface area contributed by atoms with Crippen molar-refractivity contribution in [3.8, 4) is 0 Å². The minimum absolute atomic E-state index is 0.0484. The molecule has 1 N–H and O–H groups in total. The molecule has 0 spiro atoms. The summed E-state index contributed by atoms with van der Waals surface area (Å²) in [7, 11) is 4.01. The summed E-state index contributed by atoms with van der Waals surface area (Å²) in [5.41, 5.74) is 2.89. The summed E-state index contributed by atoms with van der Waals surface area (Å²) in [6.45, 7) is 11.1. The summed E-state index contributed by atoms with van der Waals surface area (Å²) in [6, 6.07) is 6.16. The van der Waals surface area contributed by atoms with E-state index in [1.165, 1.54) is 0 Å². The monoisotopic (exact) mass is 387 g/mol. The maximum atomic E-state index is 13.0. The average Bonchev–Trinajstić information content (AvgIpc) is 3.42. The van der Waals surface area contributed by atoms with E-state index in [0.717, 1.165) is 36.2 Å². The summed E-state index contributed by atoms with van der Waals surface area (Å²) >= 11 is 0. The second kappa shape index (κ2) is 8.97. The van der Waals surface area contributed by atoms with Gasteiger partial charge in [0.05, 0.1) is 0 Å². The van der Waals surface area contributed by atoms with E-state index in [0.29, 0.717) is 13.0 Å². The van der Waals surface area contributed by atoms with Gasteiger partial charge in [0.1, 0.15) is 0 Å². The first-order valence-corrected chi connectivity index (χ1v) is 10.4. The number of nitrogens with zero attached hydrogens (tertiary/aromatic N) is 2. The maximum absolute atomic E-state index is 13.0. The Labute approximate surface area is 170 Å². The number of hydrogen-bond acceptors (Lipinski definition) is 3. The molecular formula is C23H37N3O2. The smallest absolute Gasteiger partial charge is 0.227 e. The van der Waals surface area contributed by atoms with Crippen LogP contribution >= 0.6 is 0 Å². The van der Waals surface area contributed by atoms with Crippen LogP contribution in [0.1, 0.15) is 65.9 Å². The van der Waals surface area contributed by atoms with Crippen LogP contribution < -0.4 is 10.2 Å². The summed E-state index contributed by atoms with van der Waals surface area (Å²) in [5.74, 6) is 0.451. The normalized spacial score (nSPS) is 15.1. The molecule has 0 aromatic heterocycles. The number of carbonyl (C=O) groups is 2. The van der Waals surface area contributed by atoms with Crippen LogP contribution in [0.25, 0.3) is 0 Å². The number of amides is 2. The second-order valence-corrected chi connectivity index (χ2v) is 9.52. The van der Waals surface area contributed by atoms with E-state index in [2.05, 4.69) is 44.8 Å². The lowest BCUT2D eigenvalue weighted by Crippen LogP contribution is -2.39. The maximum Gasteiger partial charge on any atom is 0.227 e. The molecule has 2 amide bonds. The number of benzene rings is 1. The lowest BCUT2D eigenvalue weighted by Gasteiger charge is -2.33. The third-order valence-electron chi connectivity index (χ3n) is 5.24. The Hall–Kier alpha value is -2.04. The Morgan fingerprint density at radius 1 is 1.21 bits per heavy atom. The molecule has 1 saturated carbocycles. The molecule has 1 aromatic carbocycles. The van der Waals surface area contributed by atoms with Crippen LogP contribution in [0.3, 0.4) is 0 Å². The average molecular weight is 388 g/mol. The first kappa shape index (κ1) is 22.3. The van der Waals surface area contributed by atoms with Gasteiger partial charge in [-0.3, -0.25) is 9.59 Å². The number of carbonyl (C=O) groups excluding carboxylic acids is 2. The lowest BCUT2D eigenvalue weighted by atomic mass is 9.91. The topological polar surface area (TPSA) is 52.7 Å². The molecule has 1 aliphatic carbocycles. The van der Waals surface area contributed by atoms with Gasteiger partial charge in [-0.25, -0.2) is 0 Å². The summed E-state index contributed by atoms with van der Waals surface area (Å²) in [5, 5.41) is 3.03. The van der Waals surface area contributed by atoms with Gasteiger partial charge in [0.15, 0.2) is 0 Å². The van der Waals surface area contributed by atoms with Crippen LogP contribution in [0.5, 0.6) is 0 Å². The molecule has 1 aliphatic rings. The highest BCUT2D eigenvalue weighted by Gasteiger charge is 2.30. The van der Waals surface area contributed by atoms with Crippen LogP contribution in [-0.4, -0.2) is 36.9 Å². The van der Waals surface area contributed by atoms with Crippen molar-refractivity contribution in [1.29, 1.82) is 0 Å². The molecule has 0 aliphatic heterocycles. The zero-order valence-electron chi connectivity index (χ0n) is 18.6. The standard InChI is InChI=1S/C23H37N3O2/c1-8-16(2)26(21(27)14-23(3,4)5)15-18-13-19(11-12-20(18)25(6)7)24-22(28)17-9-10-17/h11-13,16-17H,8-10,14-15H2,1-7H3,(H,24,28)/t16-/m1/s1. The molecule has 28 heavy (non-hydrogen) atoms. The summed E-state index contributed by atoms with van der Waals surface area (Å²) in [4.78, 5) is 29.3. The molecule has 0 bridgehead atoms.